The monoisotopic (exact) mass is 421 g/mol. The van der Waals surface area contributed by atoms with Gasteiger partial charge in [0.05, 0.1) is 18.7 Å². The number of ether oxygens (including phenoxy) is 1. The summed E-state index contributed by atoms with van der Waals surface area (Å²) in [6.07, 6.45) is 5.02. The number of hydrogen-bond donors (Lipinski definition) is 0. The molecule has 0 aliphatic carbocycles. The van der Waals surface area contributed by atoms with Gasteiger partial charge in [-0.2, -0.15) is 4.31 Å². The second-order valence-corrected chi connectivity index (χ2v) is 8.74. The first-order valence-electron chi connectivity index (χ1n) is 9.21. The van der Waals surface area contributed by atoms with Crippen LogP contribution in [0, 0.1) is 5.92 Å². The molecule has 1 saturated heterocycles. The normalized spacial score (nSPS) is 15.8. The molecule has 1 fully saturated rings. The fourth-order valence-electron chi connectivity index (χ4n) is 3.07. The van der Waals surface area contributed by atoms with E-state index in [9.17, 15) is 18.0 Å². The number of furan rings is 1. The van der Waals surface area contributed by atoms with E-state index in [1.54, 1.807) is 25.2 Å². The largest absolute Gasteiger partial charge is 0.467 e. The van der Waals surface area contributed by atoms with Crippen molar-refractivity contribution in [2.24, 2.45) is 5.92 Å². The zero-order chi connectivity index (χ0) is 20.9. The number of esters is 1. The van der Waals surface area contributed by atoms with E-state index in [0.29, 0.717) is 18.6 Å². The van der Waals surface area contributed by atoms with Crippen molar-refractivity contribution >= 4 is 21.9 Å². The van der Waals surface area contributed by atoms with Gasteiger partial charge in [0.1, 0.15) is 10.7 Å². The predicted molar refractivity (Wildman–Crippen MR) is 102 cm³/mol. The van der Waals surface area contributed by atoms with E-state index in [4.69, 9.17) is 9.15 Å². The molecular formula is C19H23N3O6S. The molecule has 0 aromatic carbocycles. The summed E-state index contributed by atoms with van der Waals surface area (Å²) in [6, 6.07) is 6.54. The highest BCUT2D eigenvalue weighted by Crippen LogP contribution is 2.24. The molecule has 0 atom stereocenters. The molecule has 10 heteroatoms. The van der Waals surface area contributed by atoms with E-state index in [-0.39, 0.29) is 37.0 Å². The number of rotatable bonds is 7. The van der Waals surface area contributed by atoms with Gasteiger partial charge in [-0.1, -0.05) is 0 Å². The maximum absolute atomic E-state index is 12.6. The predicted octanol–water partition coefficient (Wildman–Crippen LogP) is 1.28. The number of aromatic nitrogens is 1. The van der Waals surface area contributed by atoms with Crippen LogP contribution < -0.4 is 0 Å². The van der Waals surface area contributed by atoms with Gasteiger partial charge in [-0.15, -0.1) is 0 Å². The molecule has 2 aromatic heterocycles. The summed E-state index contributed by atoms with van der Waals surface area (Å²) in [4.78, 5) is 29.8. The van der Waals surface area contributed by atoms with E-state index in [2.05, 4.69) is 4.98 Å². The number of pyridine rings is 1. The van der Waals surface area contributed by atoms with Crippen LogP contribution in [0.1, 0.15) is 18.6 Å². The van der Waals surface area contributed by atoms with Gasteiger partial charge in [0, 0.05) is 32.5 Å². The van der Waals surface area contributed by atoms with Gasteiger partial charge < -0.3 is 14.1 Å². The lowest BCUT2D eigenvalue weighted by atomic mass is 9.98. The zero-order valence-electron chi connectivity index (χ0n) is 16.1. The Morgan fingerprint density at radius 2 is 2.03 bits per heavy atom. The fourth-order valence-corrected chi connectivity index (χ4v) is 4.50. The lowest BCUT2D eigenvalue weighted by molar-refractivity contribution is -0.156. The van der Waals surface area contributed by atoms with Crippen LogP contribution >= 0.6 is 0 Å². The maximum atomic E-state index is 12.6. The molecule has 0 spiro atoms. The first-order valence-corrected chi connectivity index (χ1v) is 10.6. The van der Waals surface area contributed by atoms with Crippen molar-refractivity contribution in [3.63, 3.8) is 0 Å². The maximum Gasteiger partial charge on any atom is 0.309 e. The summed E-state index contributed by atoms with van der Waals surface area (Å²) >= 11 is 0. The van der Waals surface area contributed by atoms with Crippen molar-refractivity contribution < 1.29 is 27.2 Å². The summed E-state index contributed by atoms with van der Waals surface area (Å²) < 4.78 is 36.9. The van der Waals surface area contributed by atoms with Gasteiger partial charge in [-0.05, 0) is 37.1 Å². The second-order valence-electron chi connectivity index (χ2n) is 6.80. The Labute approximate surface area is 169 Å². The third kappa shape index (κ3) is 5.21. The minimum absolute atomic E-state index is 0.131. The summed E-state index contributed by atoms with van der Waals surface area (Å²) in [5.41, 5.74) is 0. The average Bonchev–Trinajstić information content (AvgIpc) is 3.25. The quantitative estimate of drug-likeness (QED) is 0.619. The number of likely N-dealkylation sites (N-methyl/N-ethyl adjacent to an activating group) is 1. The summed E-state index contributed by atoms with van der Waals surface area (Å²) in [7, 11) is -2.03. The third-order valence-electron chi connectivity index (χ3n) is 4.80. The van der Waals surface area contributed by atoms with E-state index < -0.39 is 21.9 Å². The van der Waals surface area contributed by atoms with Crippen molar-refractivity contribution in [1.82, 2.24) is 14.2 Å². The van der Waals surface area contributed by atoms with Crippen LogP contribution in [0.2, 0.25) is 0 Å². The number of hydrogen-bond acceptors (Lipinski definition) is 7. The topological polar surface area (TPSA) is 110 Å². The molecule has 1 amide bonds. The van der Waals surface area contributed by atoms with Crippen LogP contribution in [-0.4, -0.2) is 61.2 Å². The molecule has 0 N–H and O–H groups in total. The third-order valence-corrected chi connectivity index (χ3v) is 6.68. The van der Waals surface area contributed by atoms with E-state index in [1.807, 2.05) is 0 Å². The molecule has 0 radical (unpaired) electrons. The Kier molecular flexibility index (Phi) is 6.65. The smallest absolute Gasteiger partial charge is 0.309 e. The highest BCUT2D eigenvalue weighted by Gasteiger charge is 2.33. The first-order chi connectivity index (χ1) is 13.9. The van der Waals surface area contributed by atoms with Crippen LogP contribution in [0.5, 0.6) is 0 Å². The molecule has 0 unspecified atom stereocenters. The molecule has 2 aromatic rings. The molecule has 9 nitrogen and oxygen atoms in total. The van der Waals surface area contributed by atoms with E-state index in [1.165, 1.54) is 33.9 Å². The summed E-state index contributed by atoms with van der Waals surface area (Å²) in [6.45, 7) is 0.352. The molecule has 3 rings (SSSR count). The fraction of sp³-hybridized carbons (Fsp3) is 0.421. The van der Waals surface area contributed by atoms with Gasteiger partial charge in [-0.25, -0.2) is 8.42 Å². The SMILES string of the molecule is CN(Cc1ccco1)C(=O)COC(=O)C1CCN(S(=O)(=O)c2cccnc2)CC1. The molecule has 0 bridgehead atoms. The Hall–Kier alpha value is -2.72. The number of nitrogens with zero attached hydrogens (tertiary/aromatic N) is 3. The van der Waals surface area contributed by atoms with Crippen molar-refractivity contribution in [3.8, 4) is 0 Å². The highest BCUT2D eigenvalue weighted by atomic mass is 32.2. The summed E-state index contributed by atoms with van der Waals surface area (Å²) in [5.74, 6) is -0.623. The van der Waals surface area contributed by atoms with E-state index in [0.717, 1.165) is 0 Å². The Bertz CT molecular complexity index is 922. The van der Waals surface area contributed by atoms with Gasteiger partial charge in [0.25, 0.3) is 5.91 Å². The van der Waals surface area contributed by atoms with Crippen LogP contribution in [0.15, 0.2) is 52.2 Å². The van der Waals surface area contributed by atoms with Crippen LogP contribution in [0.3, 0.4) is 0 Å². The van der Waals surface area contributed by atoms with Crippen molar-refractivity contribution in [3.05, 3.63) is 48.7 Å². The average molecular weight is 421 g/mol. The lowest BCUT2D eigenvalue weighted by Crippen LogP contribution is -2.41. The molecular weight excluding hydrogens is 398 g/mol. The Balaban J connectivity index is 1.46. The molecule has 29 heavy (non-hydrogen) atoms. The van der Waals surface area contributed by atoms with Crippen molar-refractivity contribution in [2.45, 2.75) is 24.3 Å². The second kappa shape index (κ2) is 9.19. The highest BCUT2D eigenvalue weighted by molar-refractivity contribution is 7.89. The standard InChI is InChI=1S/C19H23N3O6S/c1-21(13-16-4-3-11-27-16)18(23)14-28-19(24)15-6-9-22(10-7-15)29(25,26)17-5-2-8-20-12-17/h2-5,8,11-12,15H,6-7,9-10,13-14H2,1H3. The minimum Gasteiger partial charge on any atom is -0.467 e. The van der Waals surface area contributed by atoms with E-state index >= 15 is 0 Å². The summed E-state index contributed by atoms with van der Waals surface area (Å²) in [5, 5.41) is 0. The van der Waals surface area contributed by atoms with Gasteiger partial charge in [0.2, 0.25) is 10.0 Å². The number of carbonyl (C=O) groups is 2. The molecule has 3 heterocycles. The van der Waals surface area contributed by atoms with Gasteiger partial charge >= 0.3 is 5.97 Å². The molecule has 1 aliphatic rings. The number of carbonyl (C=O) groups excluding carboxylic acids is 2. The molecule has 1 aliphatic heterocycles. The number of amides is 1. The zero-order valence-corrected chi connectivity index (χ0v) is 16.9. The van der Waals surface area contributed by atoms with Crippen molar-refractivity contribution in [2.75, 3.05) is 26.7 Å². The van der Waals surface area contributed by atoms with Crippen LogP contribution in [-0.2, 0) is 30.9 Å². The van der Waals surface area contributed by atoms with Crippen LogP contribution in [0.25, 0.3) is 0 Å². The lowest BCUT2D eigenvalue weighted by Gasteiger charge is -2.30. The number of piperidine rings is 1. The first kappa shape index (κ1) is 21.0. The van der Waals surface area contributed by atoms with Crippen molar-refractivity contribution in [1.29, 1.82) is 0 Å². The Morgan fingerprint density at radius 3 is 2.66 bits per heavy atom. The Morgan fingerprint density at radius 1 is 1.28 bits per heavy atom. The molecule has 0 saturated carbocycles. The minimum atomic E-state index is -3.62. The van der Waals surface area contributed by atoms with Crippen LogP contribution in [0.4, 0.5) is 0 Å². The van der Waals surface area contributed by atoms with Gasteiger partial charge in [-0.3, -0.25) is 14.6 Å². The van der Waals surface area contributed by atoms with Gasteiger partial charge in [0.15, 0.2) is 6.61 Å². The molecule has 156 valence electrons. The number of sulfonamides is 1.